The Morgan fingerprint density at radius 3 is 2.50 bits per heavy atom. The molecular formula is C26H26F2N2O2. The monoisotopic (exact) mass is 436 g/mol. The molecule has 6 heteroatoms. The number of ketones is 1. The largest absolute Gasteiger partial charge is 0.294 e. The Hall–Kier alpha value is -3.02. The lowest BCUT2D eigenvalue weighted by Crippen LogP contribution is -2.36. The fourth-order valence-corrected chi connectivity index (χ4v) is 5.97. The second-order valence-electron chi connectivity index (χ2n) is 9.78. The van der Waals surface area contributed by atoms with Crippen LogP contribution in [0.3, 0.4) is 0 Å². The Morgan fingerprint density at radius 1 is 1.09 bits per heavy atom. The van der Waals surface area contributed by atoms with Crippen LogP contribution in [0.25, 0.3) is 5.69 Å². The summed E-state index contributed by atoms with van der Waals surface area (Å²) in [6, 6.07) is 12.3. The van der Waals surface area contributed by atoms with Gasteiger partial charge in [0.05, 0.1) is 5.69 Å². The summed E-state index contributed by atoms with van der Waals surface area (Å²) in [5, 5.41) is 0. The number of fused-ring (bicyclic) bond motifs is 5. The first-order valence-corrected chi connectivity index (χ1v) is 11.1. The number of hydrogen-bond donors (Lipinski definition) is 0. The van der Waals surface area contributed by atoms with Crippen LogP contribution in [0.1, 0.15) is 67.6 Å². The molecule has 1 aromatic heterocycles. The van der Waals surface area contributed by atoms with E-state index >= 15 is 0 Å². The first-order chi connectivity index (χ1) is 15.2. The Kier molecular flexibility index (Phi) is 4.56. The van der Waals surface area contributed by atoms with Crippen LogP contribution in [-0.4, -0.2) is 15.1 Å². The van der Waals surface area contributed by atoms with Crippen LogP contribution >= 0.6 is 0 Å². The Morgan fingerprint density at radius 2 is 1.81 bits per heavy atom. The van der Waals surface area contributed by atoms with E-state index < -0.39 is 11.6 Å². The number of Topliss-reactive ketones (excluding diaryl/α,β-unsaturated/α-hetero) is 1. The van der Waals surface area contributed by atoms with Crippen molar-refractivity contribution in [2.45, 2.75) is 57.9 Å². The molecule has 0 saturated heterocycles. The Bertz CT molecular complexity index is 1290. The minimum Gasteiger partial charge on any atom is -0.294 e. The van der Waals surface area contributed by atoms with Crippen LogP contribution in [0.2, 0.25) is 0 Å². The highest BCUT2D eigenvalue weighted by atomic mass is 19.1. The van der Waals surface area contributed by atoms with E-state index in [1.165, 1.54) is 10.7 Å². The van der Waals surface area contributed by atoms with Crippen LogP contribution in [0.5, 0.6) is 0 Å². The molecule has 0 spiro atoms. The summed E-state index contributed by atoms with van der Waals surface area (Å²) in [6.07, 6.45) is 2.01. The third kappa shape index (κ3) is 2.71. The van der Waals surface area contributed by atoms with Crippen molar-refractivity contribution in [3.63, 3.8) is 0 Å². The molecule has 3 aromatic rings. The highest BCUT2D eigenvalue weighted by Crippen LogP contribution is 2.67. The molecule has 2 unspecified atom stereocenters. The maximum absolute atomic E-state index is 14.8. The number of benzene rings is 2. The van der Waals surface area contributed by atoms with Crippen molar-refractivity contribution in [2.75, 3.05) is 0 Å². The maximum Gasteiger partial charge on any atom is 0.275 e. The molecule has 2 atom stereocenters. The third-order valence-corrected chi connectivity index (χ3v) is 8.06. The van der Waals surface area contributed by atoms with Gasteiger partial charge in [-0.05, 0) is 36.3 Å². The quantitative estimate of drug-likeness (QED) is 0.505. The molecule has 0 N–H and O–H groups in total. The molecule has 4 nitrogen and oxygen atoms in total. The van der Waals surface area contributed by atoms with E-state index in [-0.39, 0.29) is 46.7 Å². The average molecular weight is 437 g/mol. The van der Waals surface area contributed by atoms with E-state index in [2.05, 4.69) is 20.8 Å². The highest BCUT2D eigenvalue weighted by molar-refractivity contribution is 5.95. The lowest BCUT2D eigenvalue weighted by Gasteiger charge is -2.36. The van der Waals surface area contributed by atoms with Gasteiger partial charge in [-0.2, -0.15) is 0 Å². The summed E-state index contributed by atoms with van der Waals surface area (Å²) < 4.78 is 31.5. The number of hydrogen-bond acceptors (Lipinski definition) is 2. The molecule has 2 aliphatic rings. The van der Waals surface area contributed by atoms with Gasteiger partial charge in [-0.1, -0.05) is 51.1 Å². The van der Waals surface area contributed by atoms with Crippen molar-refractivity contribution in [1.82, 2.24) is 9.36 Å². The van der Waals surface area contributed by atoms with Gasteiger partial charge in [0.15, 0.2) is 11.6 Å². The van der Waals surface area contributed by atoms with Crippen molar-refractivity contribution in [2.24, 2.45) is 5.41 Å². The van der Waals surface area contributed by atoms with E-state index in [0.29, 0.717) is 5.56 Å². The van der Waals surface area contributed by atoms with Gasteiger partial charge in [-0.25, -0.2) is 13.5 Å². The van der Waals surface area contributed by atoms with E-state index in [9.17, 15) is 18.4 Å². The Balaban J connectivity index is 1.66. The molecule has 2 bridgehead atoms. The lowest BCUT2D eigenvalue weighted by atomic mass is 9.70. The van der Waals surface area contributed by atoms with Gasteiger partial charge >= 0.3 is 0 Å². The van der Waals surface area contributed by atoms with E-state index in [4.69, 9.17) is 0 Å². The van der Waals surface area contributed by atoms with Crippen molar-refractivity contribution >= 4 is 5.78 Å². The molecule has 1 heterocycles. The van der Waals surface area contributed by atoms with Gasteiger partial charge in [0.1, 0.15) is 11.5 Å². The molecule has 32 heavy (non-hydrogen) atoms. The minimum atomic E-state index is -0.796. The van der Waals surface area contributed by atoms with Crippen LogP contribution in [0.4, 0.5) is 8.78 Å². The standard InChI is InChI=1S/C26H26F2N2O2/c1-25(2)18-11-13-26(25,3)23-22(18)24(32)30(20-10-9-17(27)15-19(20)28)29(23)14-12-21(31)16-7-5-4-6-8-16/h4-10,15,18H,11-14H2,1-3H3. The van der Waals surface area contributed by atoms with Gasteiger partial charge in [0.25, 0.3) is 5.56 Å². The summed E-state index contributed by atoms with van der Waals surface area (Å²) in [6.45, 7) is 6.78. The SMILES string of the molecule is CC12CCC(c3c1n(CCC(=O)c1ccccc1)n(-c1ccc(F)cc1F)c3=O)C2(C)C. The van der Waals surface area contributed by atoms with Crippen LogP contribution in [-0.2, 0) is 12.0 Å². The predicted molar refractivity (Wildman–Crippen MR) is 118 cm³/mol. The van der Waals surface area contributed by atoms with Gasteiger partial charge in [-0.15, -0.1) is 0 Å². The molecular weight excluding hydrogens is 410 g/mol. The summed E-state index contributed by atoms with van der Waals surface area (Å²) in [7, 11) is 0. The summed E-state index contributed by atoms with van der Waals surface area (Å²) >= 11 is 0. The first-order valence-electron chi connectivity index (χ1n) is 11.1. The molecule has 0 aliphatic heterocycles. The van der Waals surface area contributed by atoms with Crippen molar-refractivity contribution in [3.05, 3.63) is 87.3 Å². The number of carbonyl (C=O) groups is 1. The molecule has 0 radical (unpaired) electrons. The summed E-state index contributed by atoms with van der Waals surface area (Å²) in [5.74, 6) is -1.46. The normalized spacial score (nSPS) is 22.8. The number of nitrogens with zero attached hydrogens (tertiary/aromatic N) is 2. The molecule has 1 fully saturated rings. The smallest absolute Gasteiger partial charge is 0.275 e. The number of halogens is 2. The highest BCUT2D eigenvalue weighted by Gasteiger charge is 2.62. The predicted octanol–water partition coefficient (Wildman–Crippen LogP) is 5.37. The molecule has 2 aromatic carbocycles. The van der Waals surface area contributed by atoms with Crippen LogP contribution in [0.15, 0.2) is 53.3 Å². The minimum absolute atomic E-state index is 0.0127. The second kappa shape index (κ2) is 6.99. The molecule has 1 saturated carbocycles. The average Bonchev–Trinajstić information content (AvgIpc) is 3.24. The number of aromatic nitrogens is 2. The van der Waals surface area contributed by atoms with Crippen molar-refractivity contribution < 1.29 is 13.6 Å². The third-order valence-electron chi connectivity index (χ3n) is 8.06. The zero-order chi connectivity index (χ0) is 22.8. The van der Waals surface area contributed by atoms with Gasteiger partial charge in [-0.3, -0.25) is 14.3 Å². The molecule has 166 valence electrons. The van der Waals surface area contributed by atoms with E-state index in [0.717, 1.165) is 36.2 Å². The Labute approximate surface area is 185 Å². The van der Waals surface area contributed by atoms with Crippen molar-refractivity contribution in [3.8, 4) is 5.69 Å². The first kappa shape index (κ1) is 20.9. The zero-order valence-electron chi connectivity index (χ0n) is 18.5. The van der Waals surface area contributed by atoms with Gasteiger partial charge in [0.2, 0.25) is 0 Å². The molecule has 5 rings (SSSR count). The fraction of sp³-hybridized carbons (Fsp3) is 0.385. The molecule has 2 aliphatic carbocycles. The van der Waals surface area contributed by atoms with E-state index in [1.807, 2.05) is 18.2 Å². The van der Waals surface area contributed by atoms with E-state index in [1.54, 1.807) is 16.8 Å². The molecule has 0 amide bonds. The lowest BCUT2D eigenvalue weighted by molar-refractivity contribution is 0.0973. The number of rotatable bonds is 5. The van der Waals surface area contributed by atoms with Gasteiger partial charge in [0, 0.05) is 35.6 Å². The zero-order valence-corrected chi connectivity index (χ0v) is 18.5. The van der Waals surface area contributed by atoms with Crippen LogP contribution in [0, 0.1) is 17.0 Å². The summed E-state index contributed by atoms with van der Waals surface area (Å²) in [4.78, 5) is 26.5. The maximum atomic E-state index is 14.8. The number of carbonyl (C=O) groups excluding carboxylic acids is 1. The van der Waals surface area contributed by atoms with Gasteiger partial charge < -0.3 is 0 Å². The fourth-order valence-electron chi connectivity index (χ4n) is 5.97. The topological polar surface area (TPSA) is 44.0 Å². The second-order valence-corrected chi connectivity index (χ2v) is 9.78. The van der Waals surface area contributed by atoms with Crippen molar-refractivity contribution in [1.29, 1.82) is 0 Å². The summed E-state index contributed by atoms with van der Waals surface area (Å²) in [5.41, 5.74) is 1.60. The van der Waals surface area contributed by atoms with Crippen LogP contribution < -0.4 is 5.56 Å².